The summed E-state index contributed by atoms with van der Waals surface area (Å²) in [4.78, 5) is 2.46. The van der Waals surface area contributed by atoms with Crippen LogP contribution in [0.5, 0.6) is 5.75 Å². The van der Waals surface area contributed by atoms with Crippen molar-refractivity contribution in [3.63, 3.8) is 0 Å². The minimum absolute atomic E-state index is 0.865. The summed E-state index contributed by atoms with van der Waals surface area (Å²) in [5, 5.41) is 9.73. The monoisotopic (exact) mass is 345 g/mol. The van der Waals surface area contributed by atoms with Crippen LogP contribution in [0.3, 0.4) is 0 Å². The van der Waals surface area contributed by atoms with E-state index in [1.807, 2.05) is 12.1 Å². The average molecular weight is 345 g/mol. The Morgan fingerprint density at radius 2 is 1.91 bits per heavy atom. The van der Waals surface area contributed by atoms with Crippen molar-refractivity contribution in [3.05, 3.63) is 46.8 Å². The van der Waals surface area contributed by atoms with Crippen LogP contribution in [0.2, 0.25) is 0 Å². The van der Waals surface area contributed by atoms with Crippen LogP contribution in [-0.4, -0.2) is 21.9 Å². The number of aromatic nitrogens is 3. The number of aryl methyl sites for hydroxylation is 1. The highest BCUT2D eigenvalue weighted by Gasteiger charge is 2.14. The van der Waals surface area contributed by atoms with Crippen molar-refractivity contribution in [1.82, 2.24) is 14.8 Å². The molecule has 3 rings (SSSR count). The molecule has 0 atom stereocenters. The molecule has 0 spiro atoms. The first kappa shape index (κ1) is 16.1. The van der Waals surface area contributed by atoms with E-state index in [0.717, 1.165) is 29.0 Å². The normalized spacial score (nSPS) is 10.9. The smallest absolute Gasteiger partial charge is 0.191 e. The summed E-state index contributed by atoms with van der Waals surface area (Å²) in [6.07, 6.45) is 0. The maximum atomic E-state index is 5.19. The summed E-state index contributed by atoms with van der Waals surface area (Å²) in [5.74, 6) is 2.71. The zero-order chi connectivity index (χ0) is 16.2. The highest BCUT2D eigenvalue weighted by molar-refractivity contribution is 7.98. The van der Waals surface area contributed by atoms with E-state index in [0.29, 0.717) is 0 Å². The summed E-state index contributed by atoms with van der Waals surface area (Å²) in [5.41, 5.74) is 1.25. The summed E-state index contributed by atoms with van der Waals surface area (Å²) in [6.45, 7) is 5.11. The van der Waals surface area contributed by atoms with Crippen LogP contribution in [0, 0.1) is 6.92 Å². The molecule has 0 radical (unpaired) electrons. The fourth-order valence-electron chi connectivity index (χ4n) is 2.29. The minimum atomic E-state index is 0.865. The Kier molecular flexibility index (Phi) is 5.03. The number of thiophene rings is 1. The second kappa shape index (κ2) is 7.19. The molecule has 6 heteroatoms. The molecule has 23 heavy (non-hydrogen) atoms. The third-order valence-electron chi connectivity index (χ3n) is 3.52. The first-order chi connectivity index (χ1) is 11.2. The number of thioether (sulfide) groups is 1. The first-order valence-corrected chi connectivity index (χ1v) is 9.27. The molecular weight excluding hydrogens is 326 g/mol. The molecule has 3 aromatic rings. The molecule has 0 saturated carbocycles. The van der Waals surface area contributed by atoms with Crippen molar-refractivity contribution in [2.75, 3.05) is 7.11 Å². The third-order valence-corrected chi connectivity index (χ3v) is 5.56. The number of benzene rings is 1. The summed E-state index contributed by atoms with van der Waals surface area (Å²) >= 11 is 3.47. The molecule has 0 aliphatic rings. The van der Waals surface area contributed by atoms with Gasteiger partial charge in [0.1, 0.15) is 5.75 Å². The molecule has 2 heterocycles. The van der Waals surface area contributed by atoms with E-state index in [-0.39, 0.29) is 0 Å². The molecule has 2 aromatic heterocycles. The van der Waals surface area contributed by atoms with Crippen molar-refractivity contribution in [2.45, 2.75) is 31.3 Å². The van der Waals surface area contributed by atoms with E-state index in [4.69, 9.17) is 4.74 Å². The van der Waals surface area contributed by atoms with Crippen LogP contribution < -0.4 is 4.74 Å². The predicted octanol–water partition coefficient (Wildman–Crippen LogP) is 4.64. The largest absolute Gasteiger partial charge is 0.497 e. The molecule has 0 bridgehead atoms. The van der Waals surface area contributed by atoms with Crippen LogP contribution in [0.4, 0.5) is 0 Å². The van der Waals surface area contributed by atoms with Gasteiger partial charge in [-0.1, -0.05) is 23.9 Å². The van der Waals surface area contributed by atoms with Gasteiger partial charge in [0.15, 0.2) is 11.0 Å². The first-order valence-electron chi connectivity index (χ1n) is 7.47. The lowest BCUT2D eigenvalue weighted by Crippen LogP contribution is -1.99. The highest BCUT2D eigenvalue weighted by atomic mass is 32.2. The lowest BCUT2D eigenvalue weighted by Gasteiger charge is -2.06. The van der Waals surface area contributed by atoms with Crippen LogP contribution >= 0.6 is 23.1 Å². The molecular formula is C17H19N3OS2. The Bertz CT molecular complexity index is 777. The van der Waals surface area contributed by atoms with Crippen molar-refractivity contribution in [3.8, 4) is 16.5 Å². The van der Waals surface area contributed by atoms with Gasteiger partial charge in [0.25, 0.3) is 0 Å². The number of hydrogen-bond donors (Lipinski definition) is 0. The van der Waals surface area contributed by atoms with Gasteiger partial charge < -0.3 is 9.30 Å². The Balaban J connectivity index is 1.76. The topological polar surface area (TPSA) is 39.9 Å². The van der Waals surface area contributed by atoms with E-state index in [1.165, 1.54) is 15.3 Å². The third kappa shape index (κ3) is 3.59. The predicted molar refractivity (Wildman–Crippen MR) is 96.3 cm³/mol. The van der Waals surface area contributed by atoms with E-state index < -0.39 is 0 Å². The molecule has 0 amide bonds. The van der Waals surface area contributed by atoms with E-state index in [1.54, 1.807) is 30.2 Å². The quantitative estimate of drug-likeness (QED) is 0.610. The number of methoxy groups -OCH3 is 1. The second-order valence-electron chi connectivity index (χ2n) is 5.10. The zero-order valence-electron chi connectivity index (χ0n) is 13.4. The average Bonchev–Trinajstić information content (AvgIpc) is 3.18. The standard InChI is InChI=1S/C17H19N3OS2/c1-4-20-16(15-10-5-12(2)23-15)18-19-17(20)22-11-13-6-8-14(21-3)9-7-13/h5-10H,4,11H2,1-3H3. The van der Waals surface area contributed by atoms with Crippen molar-refractivity contribution >= 4 is 23.1 Å². The van der Waals surface area contributed by atoms with Gasteiger partial charge in [0, 0.05) is 17.2 Å². The maximum absolute atomic E-state index is 5.19. The molecule has 0 saturated heterocycles. The van der Waals surface area contributed by atoms with Gasteiger partial charge in [-0.25, -0.2) is 0 Å². The van der Waals surface area contributed by atoms with Gasteiger partial charge in [-0.3, -0.25) is 0 Å². The summed E-state index contributed by atoms with van der Waals surface area (Å²) in [6, 6.07) is 12.4. The van der Waals surface area contributed by atoms with Crippen molar-refractivity contribution in [1.29, 1.82) is 0 Å². The molecule has 4 nitrogen and oxygen atoms in total. The van der Waals surface area contributed by atoms with Gasteiger partial charge in [-0.15, -0.1) is 21.5 Å². The van der Waals surface area contributed by atoms with Crippen molar-refractivity contribution in [2.24, 2.45) is 0 Å². The Hall–Kier alpha value is -1.79. The number of nitrogens with zero attached hydrogens (tertiary/aromatic N) is 3. The SMILES string of the molecule is CCn1c(SCc2ccc(OC)cc2)nnc1-c1ccc(C)s1. The van der Waals surface area contributed by atoms with Gasteiger partial charge in [0.05, 0.1) is 12.0 Å². The number of rotatable bonds is 6. The van der Waals surface area contributed by atoms with Crippen LogP contribution in [0.25, 0.3) is 10.7 Å². The Morgan fingerprint density at radius 1 is 1.13 bits per heavy atom. The molecule has 0 fully saturated rings. The summed E-state index contributed by atoms with van der Waals surface area (Å²) in [7, 11) is 1.68. The van der Waals surface area contributed by atoms with Crippen LogP contribution in [0.1, 0.15) is 17.4 Å². The Labute approximate surface area is 144 Å². The zero-order valence-corrected chi connectivity index (χ0v) is 15.1. The second-order valence-corrected chi connectivity index (χ2v) is 7.33. The number of hydrogen-bond acceptors (Lipinski definition) is 5. The molecule has 0 N–H and O–H groups in total. The van der Waals surface area contributed by atoms with E-state index in [2.05, 4.69) is 52.9 Å². The van der Waals surface area contributed by atoms with E-state index >= 15 is 0 Å². The molecule has 0 aliphatic heterocycles. The van der Waals surface area contributed by atoms with Gasteiger partial charge in [-0.2, -0.15) is 0 Å². The van der Waals surface area contributed by atoms with Gasteiger partial charge in [0.2, 0.25) is 0 Å². The molecule has 1 aromatic carbocycles. The fourth-order valence-corrected chi connectivity index (χ4v) is 4.11. The Morgan fingerprint density at radius 3 is 2.52 bits per heavy atom. The summed E-state index contributed by atoms with van der Waals surface area (Å²) < 4.78 is 7.37. The van der Waals surface area contributed by atoms with Crippen LogP contribution in [-0.2, 0) is 12.3 Å². The number of ether oxygens (including phenoxy) is 1. The molecule has 120 valence electrons. The van der Waals surface area contributed by atoms with Gasteiger partial charge >= 0.3 is 0 Å². The van der Waals surface area contributed by atoms with Crippen molar-refractivity contribution < 1.29 is 4.74 Å². The highest BCUT2D eigenvalue weighted by Crippen LogP contribution is 2.30. The van der Waals surface area contributed by atoms with E-state index in [9.17, 15) is 0 Å². The fraction of sp³-hybridized carbons (Fsp3) is 0.294. The lowest BCUT2D eigenvalue weighted by atomic mass is 10.2. The molecule has 0 aliphatic carbocycles. The lowest BCUT2D eigenvalue weighted by molar-refractivity contribution is 0.414. The van der Waals surface area contributed by atoms with Gasteiger partial charge in [-0.05, 0) is 43.7 Å². The molecule has 0 unspecified atom stereocenters. The maximum Gasteiger partial charge on any atom is 0.191 e. The minimum Gasteiger partial charge on any atom is -0.497 e. The van der Waals surface area contributed by atoms with Crippen LogP contribution in [0.15, 0.2) is 41.6 Å².